The molecule has 2 amide bonds. The number of likely N-dealkylation sites (N-methyl/N-ethyl adjacent to an activating group) is 2. The Hall–Kier alpha value is -1.56. The Kier molecular flexibility index (Phi) is 6.72. The van der Waals surface area contributed by atoms with Crippen molar-refractivity contribution in [2.45, 2.75) is 18.9 Å². The Labute approximate surface area is 171 Å². The second-order valence-corrected chi connectivity index (χ2v) is 8.07. The summed E-state index contributed by atoms with van der Waals surface area (Å²) in [5.74, 6) is -0.242. The standard InChI is InChI=1S/C19H19BrCl2N2O2/c1-19(23(2)12-25,11-13-4-6-14(20)7-5-13)18(26)24(3)17-9-15(21)8-16(22)10-17/h4-10,12H,11H2,1-3H3/t19-/m1/s1. The summed E-state index contributed by atoms with van der Waals surface area (Å²) in [6.45, 7) is 1.74. The number of amides is 2. The highest BCUT2D eigenvalue weighted by atomic mass is 79.9. The van der Waals surface area contributed by atoms with Gasteiger partial charge in [-0.15, -0.1) is 0 Å². The van der Waals surface area contributed by atoms with Crippen molar-refractivity contribution in [1.82, 2.24) is 4.90 Å². The highest BCUT2D eigenvalue weighted by Crippen LogP contribution is 2.29. The molecule has 0 radical (unpaired) electrons. The Morgan fingerprint density at radius 3 is 2.15 bits per heavy atom. The molecule has 0 heterocycles. The van der Waals surface area contributed by atoms with Gasteiger partial charge >= 0.3 is 0 Å². The molecule has 0 saturated heterocycles. The number of nitrogens with zero attached hydrogens (tertiary/aromatic N) is 2. The van der Waals surface area contributed by atoms with Crippen LogP contribution in [0, 0.1) is 0 Å². The fraction of sp³-hybridized carbons (Fsp3) is 0.263. The number of halogens is 3. The van der Waals surface area contributed by atoms with E-state index in [0.717, 1.165) is 10.0 Å². The molecule has 4 nitrogen and oxygen atoms in total. The third-order valence-electron chi connectivity index (χ3n) is 4.40. The Balaban J connectivity index is 2.39. The fourth-order valence-electron chi connectivity index (χ4n) is 2.68. The first-order valence-electron chi connectivity index (χ1n) is 7.84. The van der Waals surface area contributed by atoms with Crippen LogP contribution in [0.1, 0.15) is 12.5 Å². The maximum Gasteiger partial charge on any atom is 0.252 e. The summed E-state index contributed by atoms with van der Waals surface area (Å²) in [7, 11) is 3.24. The average Bonchev–Trinajstić information content (AvgIpc) is 2.60. The van der Waals surface area contributed by atoms with Gasteiger partial charge in [-0.2, -0.15) is 0 Å². The normalized spacial score (nSPS) is 13.0. The van der Waals surface area contributed by atoms with E-state index >= 15 is 0 Å². The molecule has 0 bridgehead atoms. The van der Waals surface area contributed by atoms with Crippen LogP contribution in [-0.4, -0.2) is 36.9 Å². The summed E-state index contributed by atoms with van der Waals surface area (Å²) in [5.41, 5.74) is 0.433. The Morgan fingerprint density at radius 1 is 1.12 bits per heavy atom. The van der Waals surface area contributed by atoms with E-state index in [9.17, 15) is 9.59 Å². The van der Waals surface area contributed by atoms with Crippen molar-refractivity contribution in [3.05, 3.63) is 62.5 Å². The van der Waals surface area contributed by atoms with Gasteiger partial charge in [0.15, 0.2) is 0 Å². The van der Waals surface area contributed by atoms with Gasteiger partial charge in [-0.05, 0) is 42.8 Å². The molecule has 0 fully saturated rings. The first-order valence-corrected chi connectivity index (χ1v) is 9.39. The third-order valence-corrected chi connectivity index (χ3v) is 5.36. The molecule has 2 aromatic carbocycles. The number of rotatable bonds is 6. The summed E-state index contributed by atoms with van der Waals surface area (Å²) in [6.07, 6.45) is 1.03. The van der Waals surface area contributed by atoms with Gasteiger partial charge in [0.05, 0.1) is 0 Å². The highest BCUT2D eigenvalue weighted by Gasteiger charge is 2.39. The second-order valence-electron chi connectivity index (χ2n) is 6.29. The lowest BCUT2D eigenvalue weighted by molar-refractivity contribution is -0.136. The predicted octanol–water partition coefficient (Wildman–Crippen LogP) is 4.81. The molecule has 2 aromatic rings. The molecule has 0 saturated carbocycles. The molecule has 26 heavy (non-hydrogen) atoms. The number of hydrogen-bond donors (Lipinski definition) is 0. The topological polar surface area (TPSA) is 40.6 Å². The summed E-state index contributed by atoms with van der Waals surface area (Å²) < 4.78 is 0.948. The first-order chi connectivity index (χ1) is 12.2. The van der Waals surface area contributed by atoms with Crippen LogP contribution in [0.4, 0.5) is 5.69 Å². The summed E-state index contributed by atoms with van der Waals surface area (Å²) >= 11 is 15.5. The Morgan fingerprint density at radius 2 is 1.65 bits per heavy atom. The summed E-state index contributed by atoms with van der Waals surface area (Å²) in [6, 6.07) is 12.6. The van der Waals surface area contributed by atoms with Gasteiger partial charge in [0.25, 0.3) is 5.91 Å². The van der Waals surface area contributed by atoms with Crippen molar-refractivity contribution < 1.29 is 9.59 Å². The van der Waals surface area contributed by atoms with E-state index in [1.165, 1.54) is 9.80 Å². The maximum atomic E-state index is 13.3. The zero-order chi connectivity index (χ0) is 19.5. The zero-order valence-electron chi connectivity index (χ0n) is 14.7. The van der Waals surface area contributed by atoms with E-state index in [-0.39, 0.29) is 5.91 Å². The van der Waals surface area contributed by atoms with E-state index < -0.39 is 5.54 Å². The molecule has 0 unspecified atom stereocenters. The lowest BCUT2D eigenvalue weighted by Crippen LogP contribution is -2.57. The van der Waals surface area contributed by atoms with Crippen LogP contribution < -0.4 is 4.90 Å². The molecule has 1 atom stereocenters. The van der Waals surface area contributed by atoms with Crippen LogP contribution in [0.15, 0.2) is 46.9 Å². The molecule has 7 heteroatoms. The van der Waals surface area contributed by atoms with Crippen LogP contribution in [-0.2, 0) is 16.0 Å². The number of carbonyl (C=O) groups is 2. The van der Waals surface area contributed by atoms with Crippen molar-refractivity contribution >= 4 is 57.1 Å². The molecular weight excluding hydrogens is 439 g/mol. The van der Waals surface area contributed by atoms with Gasteiger partial charge < -0.3 is 9.80 Å². The molecule has 0 N–H and O–H groups in total. The first kappa shape index (κ1) is 20.7. The van der Waals surface area contributed by atoms with Gasteiger partial charge in [-0.1, -0.05) is 51.3 Å². The van der Waals surface area contributed by atoms with Crippen molar-refractivity contribution in [2.24, 2.45) is 0 Å². The second kappa shape index (κ2) is 8.42. The molecular formula is C19H19BrCl2N2O2. The molecule has 0 spiro atoms. The van der Waals surface area contributed by atoms with Crippen LogP contribution in [0.3, 0.4) is 0 Å². The highest BCUT2D eigenvalue weighted by molar-refractivity contribution is 9.10. The minimum Gasteiger partial charge on any atom is -0.334 e. The molecule has 138 valence electrons. The smallest absolute Gasteiger partial charge is 0.252 e. The van der Waals surface area contributed by atoms with Crippen LogP contribution in [0.5, 0.6) is 0 Å². The van der Waals surface area contributed by atoms with Crippen LogP contribution in [0.25, 0.3) is 0 Å². The lowest BCUT2D eigenvalue weighted by Gasteiger charge is -2.38. The average molecular weight is 458 g/mol. The lowest BCUT2D eigenvalue weighted by atomic mass is 9.89. The van der Waals surface area contributed by atoms with E-state index in [1.807, 2.05) is 24.3 Å². The zero-order valence-corrected chi connectivity index (χ0v) is 17.8. The van der Waals surface area contributed by atoms with Gasteiger partial charge in [-0.25, -0.2) is 0 Å². The summed E-state index contributed by atoms with van der Waals surface area (Å²) in [5, 5.41) is 0.871. The van der Waals surface area contributed by atoms with E-state index in [1.54, 1.807) is 39.2 Å². The summed E-state index contributed by atoms with van der Waals surface area (Å²) in [4.78, 5) is 27.6. The quantitative estimate of drug-likeness (QED) is 0.584. The number of carbonyl (C=O) groups excluding carboxylic acids is 2. The van der Waals surface area contributed by atoms with Gasteiger partial charge in [0.1, 0.15) is 5.54 Å². The third kappa shape index (κ3) is 4.58. The maximum absolute atomic E-state index is 13.3. The molecule has 2 rings (SSSR count). The van der Waals surface area contributed by atoms with Gasteiger partial charge in [-0.3, -0.25) is 9.59 Å². The molecule has 0 aromatic heterocycles. The Bertz CT molecular complexity index is 793. The van der Waals surface area contributed by atoms with Crippen LogP contribution in [0.2, 0.25) is 10.0 Å². The van der Waals surface area contributed by atoms with Gasteiger partial charge in [0.2, 0.25) is 6.41 Å². The number of benzene rings is 2. The minimum atomic E-state index is -1.07. The number of anilines is 1. The number of hydrogen-bond acceptors (Lipinski definition) is 2. The van der Waals surface area contributed by atoms with Crippen molar-refractivity contribution in [3.8, 4) is 0 Å². The van der Waals surface area contributed by atoms with E-state index in [2.05, 4.69) is 15.9 Å². The molecule has 0 aliphatic rings. The SMILES string of the molecule is CN(C(=O)[C@@](C)(Cc1ccc(Br)cc1)N(C)C=O)c1cc(Cl)cc(Cl)c1. The van der Waals surface area contributed by atoms with E-state index in [4.69, 9.17) is 23.2 Å². The molecule has 0 aliphatic heterocycles. The predicted molar refractivity (Wildman–Crippen MR) is 110 cm³/mol. The molecule has 0 aliphatic carbocycles. The van der Waals surface area contributed by atoms with Crippen LogP contribution >= 0.6 is 39.1 Å². The van der Waals surface area contributed by atoms with Crippen molar-refractivity contribution in [1.29, 1.82) is 0 Å². The van der Waals surface area contributed by atoms with Gasteiger partial charge in [0, 0.05) is 40.7 Å². The largest absolute Gasteiger partial charge is 0.334 e. The van der Waals surface area contributed by atoms with Crippen molar-refractivity contribution in [2.75, 3.05) is 19.0 Å². The fourth-order valence-corrected chi connectivity index (χ4v) is 3.46. The van der Waals surface area contributed by atoms with E-state index in [0.29, 0.717) is 28.6 Å². The minimum absolute atomic E-state index is 0.242. The monoisotopic (exact) mass is 456 g/mol. The van der Waals surface area contributed by atoms with Crippen molar-refractivity contribution in [3.63, 3.8) is 0 Å².